The predicted molar refractivity (Wildman–Crippen MR) is 75.7 cm³/mol. The molecule has 1 rings (SSSR count). The van der Waals surface area contributed by atoms with Gasteiger partial charge < -0.3 is 20.4 Å². The number of hydrogen-bond donors (Lipinski definition) is 4. The van der Waals surface area contributed by atoms with Crippen LogP contribution in [-0.2, 0) is 4.79 Å². The smallest absolute Gasteiger partial charge is 0.303 e. The number of carboxylic acid groups (broad SMARTS) is 1. The molecule has 1 aliphatic carbocycles. The number of alkyl halides is 2. The maximum Gasteiger partial charge on any atom is 0.303 e. The number of allylic oxidation sites excluding steroid dienone is 1. The lowest BCUT2D eigenvalue weighted by Crippen LogP contribution is -2.27. The van der Waals surface area contributed by atoms with Crippen LogP contribution in [0, 0.1) is 11.8 Å². The minimum atomic E-state index is -2.95. The fourth-order valence-corrected chi connectivity index (χ4v) is 2.90. The summed E-state index contributed by atoms with van der Waals surface area (Å²) < 4.78 is 27.2. The molecule has 0 amide bonds. The van der Waals surface area contributed by atoms with Gasteiger partial charge in [0, 0.05) is 31.1 Å². The first-order valence-corrected chi connectivity index (χ1v) is 7.52. The standard InChI is InChI=1S/C15H24F2O5/c1-2-3-5-15(16,17)6-4-10(18)14-9(7-13(21)22)11(19)8-12(14)20/h4,9,11-12,14,18-20H,2-3,5-8H2,1H3,(H,21,22)/t9-,11-,12+,14-/m0/s1. The summed E-state index contributed by atoms with van der Waals surface area (Å²) in [6, 6.07) is 0. The van der Waals surface area contributed by atoms with Gasteiger partial charge in [0.1, 0.15) is 0 Å². The van der Waals surface area contributed by atoms with Crippen LogP contribution in [0.15, 0.2) is 11.8 Å². The van der Waals surface area contributed by atoms with Gasteiger partial charge in [-0.25, -0.2) is 8.78 Å². The van der Waals surface area contributed by atoms with Crippen LogP contribution in [0.5, 0.6) is 0 Å². The summed E-state index contributed by atoms with van der Waals surface area (Å²) in [6.07, 6.45) is -1.74. The van der Waals surface area contributed by atoms with Crippen molar-refractivity contribution in [1.82, 2.24) is 0 Å². The molecule has 7 heteroatoms. The molecule has 0 aromatic rings. The van der Waals surface area contributed by atoms with Crippen molar-refractivity contribution in [3.63, 3.8) is 0 Å². The van der Waals surface area contributed by atoms with Crippen LogP contribution in [0.3, 0.4) is 0 Å². The van der Waals surface area contributed by atoms with E-state index < -0.39 is 54.5 Å². The molecule has 0 spiro atoms. The Morgan fingerprint density at radius 2 is 1.91 bits per heavy atom. The number of halogens is 2. The number of aliphatic carboxylic acids is 1. The largest absolute Gasteiger partial charge is 0.512 e. The molecule has 22 heavy (non-hydrogen) atoms. The number of aliphatic hydroxyl groups excluding tert-OH is 3. The molecule has 0 radical (unpaired) electrons. The average Bonchev–Trinajstić information content (AvgIpc) is 2.68. The highest BCUT2D eigenvalue weighted by Gasteiger charge is 2.45. The molecule has 0 saturated heterocycles. The fraction of sp³-hybridized carbons (Fsp3) is 0.800. The van der Waals surface area contributed by atoms with Crippen molar-refractivity contribution in [2.75, 3.05) is 0 Å². The molecular formula is C15H24F2O5. The lowest BCUT2D eigenvalue weighted by atomic mass is 9.88. The number of aliphatic hydroxyl groups is 3. The Kier molecular flexibility index (Phi) is 6.74. The highest BCUT2D eigenvalue weighted by Crippen LogP contribution is 2.39. The van der Waals surface area contributed by atoms with Crippen LogP contribution in [0.25, 0.3) is 0 Å². The molecule has 128 valence electrons. The molecule has 0 unspecified atom stereocenters. The van der Waals surface area contributed by atoms with Crippen LogP contribution >= 0.6 is 0 Å². The second-order valence-corrected chi connectivity index (χ2v) is 5.95. The monoisotopic (exact) mass is 322 g/mol. The Labute approximate surface area is 128 Å². The van der Waals surface area contributed by atoms with Crippen molar-refractivity contribution in [2.45, 2.75) is 63.6 Å². The van der Waals surface area contributed by atoms with Crippen molar-refractivity contribution in [1.29, 1.82) is 0 Å². The quantitative estimate of drug-likeness (QED) is 0.515. The van der Waals surface area contributed by atoms with Gasteiger partial charge in [0.15, 0.2) is 0 Å². The van der Waals surface area contributed by atoms with Crippen LogP contribution in [0.2, 0.25) is 0 Å². The van der Waals surface area contributed by atoms with Gasteiger partial charge in [-0.15, -0.1) is 0 Å². The van der Waals surface area contributed by atoms with E-state index in [1.807, 2.05) is 0 Å². The van der Waals surface area contributed by atoms with E-state index in [1.165, 1.54) is 0 Å². The van der Waals surface area contributed by atoms with E-state index in [2.05, 4.69) is 0 Å². The third-order valence-electron chi connectivity index (χ3n) is 4.11. The van der Waals surface area contributed by atoms with Crippen LogP contribution in [0.1, 0.15) is 45.4 Å². The normalized spacial score (nSPS) is 29.8. The summed E-state index contributed by atoms with van der Waals surface area (Å²) in [5.41, 5.74) is 0. The maximum absolute atomic E-state index is 13.6. The Balaban J connectivity index is 2.77. The van der Waals surface area contributed by atoms with E-state index >= 15 is 0 Å². The van der Waals surface area contributed by atoms with Gasteiger partial charge in [-0.05, 0) is 12.5 Å². The van der Waals surface area contributed by atoms with Gasteiger partial charge >= 0.3 is 5.97 Å². The Hall–Kier alpha value is -1.21. The lowest BCUT2D eigenvalue weighted by molar-refractivity contribution is -0.139. The van der Waals surface area contributed by atoms with Gasteiger partial charge in [0.05, 0.1) is 24.4 Å². The molecule has 0 aromatic carbocycles. The van der Waals surface area contributed by atoms with Crippen molar-refractivity contribution in [3.05, 3.63) is 11.8 Å². The summed E-state index contributed by atoms with van der Waals surface area (Å²) >= 11 is 0. The second-order valence-electron chi connectivity index (χ2n) is 5.95. The summed E-state index contributed by atoms with van der Waals surface area (Å²) in [5, 5.41) is 38.4. The van der Waals surface area contributed by atoms with E-state index in [4.69, 9.17) is 5.11 Å². The maximum atomic E-state index is 13.6. The first kappa shape index (κ1) is 18.8. The minimum absolute atomic E-state index is 0.0766. The first-order valence-electron chi connectivity index (χ1n) is 7.52. The van der Waals surface area contributed by atoms with Crippen LogP contribution < -0.4 is 0 Å². The van der Waals surface area contributed by atoms with Gasteiger partial charge in [0.25, 0.3) is 5.92 Å². The first-order chi connectivity index (χ1) is 10.2. The molecule has 1 fully saturated rings. The van der Waals surface area contributed by atoms with E-state index in [0.29, 0.717) is 12.8 Å². The molecule has 0 aliphatic heterocycles. The summed E-state index contributed by atoms with van der Waals surface area (Å²) in [7, 11) is 0. The van der Waals surface area contributed by atoms with Gasteiger partial charge in [-0.1, -0.05) is 13.3 Å². The van der Waals surface area contributed by atoms with Crippen molar-refractivity contribution < 1.29 is 34.0 Å². The number of carbonyl (C=O) groups is 1. The fourth-order valence-electron chi connectivity index (χ4n) is 2.90. The molecule has 4 N–H and O–H groups in total. The lowest BCUT2D eigenvalue weighted by Gasteiger charge is -2.22. The van der Waals surface area contributed by atoms with E-state index in [0.717, 1.165) is 6.08 Å². The highest BCUT2D eigenvalue weighted by molar-refractivity contribution is 5.67. The van der Waals surface area contributed by atoms with E-state index in [9.17, 15) is 28.9 Å². The van der Waals surface area contributed by atoms with Crippen molar-refractivity contribution in [3.8, 4) is 0 Å². The third kappa shape index (κ3) is 5.21. The highest BCUT2D eigenvalue weighted by atomic mass is 19.3. The van der Waals surface area contributed by atoms with Gasteiger partial charge in [-0.3, -0.25) is 4.79 Å². The summed E-state index contributed by atoms with van der Waals surface area (Å²) in [4.78, 5) is 10.8. The number of carboxylic acids is 1. The molecule has 5 nitrogen and oxygen atoms in total. The molecule has 0 heterocycles. The molecule has 0 aromatic heterocycles. The number of rotatable bonds is 8. The van der Waals surface area contributed by atoms with Crippen LogP contribution in [-0.4, -0.2) is 44.5 Å². The third-order valence-corrected chi connectivity index (χ3v) is 4.11. The van der Waals surface area contributed by atoms with Crippen LogP contribution in [0.4, 0.5) is 8.78 Å². The number of hydrogen-bond acceptors (Lipinski definition) is 4. The zero-order valence-electron chi connectivity index (χ0n) is 12.6. The molecule has 0 bridgehead atoms. The van der Waals surface area contributed by atoms with E-state index in [1.54, 1.807) is 6.92 Å². The average molecular weight is 322 g/mol. The molecule has 1 aliphatic rings. The molecular weight excluding hydrogens is 298 g/mol. The van der Waals surface area contributed by atoms with E-state index in [-0.39, 0.29) is 12.8 Å². The van der Waals surface area contributed by atoms with Gasteiger partial charge in [0.2, 0.25) is 0 Å². The minimum Gasteiger partial charge on any atom is -0.512 e. The molecule has 1 saturated carbocycles. The topological polar surface area (TPSA) is 98.0 Å². The Morgan fingerprint density at radius 1 is 1.27 bits per heavy atom. The summed E-state index contributed by atoms with van der Waals surface area (Å²) in [5.74, 6) is -6.49. The van der Waals surface area contributed by atoms with Crippen molar-refractivity contribution in [2.24, 2.45) is 11.8 Å². The zero-order chi connectivity index (χ0) is 16.9. The summed E-state index contributed by atoms with van der Waals surface area (Å²) in [6.45, 7) is 1.80. The zero-order valence-corrected chi connectivity index (χ0v) is 12.6. The Morgan fingerprint density at radius 3 is 2.45 bits per heavy atom. The van der Waals surface area contributed by atoms with Crippen molar-refractivity contribution >= 4 is 5.97 Å². The predicted octanol–water partition coefficient (Wildman–Crippen LogP) is 2.48. The number of unbranched alkanes of at least 4 members (excludes halogenated alkanes) is 1. The van der Waals surface area contributed by atoms with Gasteiger partial charge in [-0.2, -0.15) is 0 Å². The second kappa shape index (κ2) is 7.87. The SMILES string of the molecule is CCCCC(F)(F)CC=C(O)[C@@H]1[C@@H](CC(=O)O)[C@@H](O)C[C@H]1O. The Bertz CT molecular complexity index is 411. The molecule has 4 atom stereocenters.